The van der Waals surface area contributed by atoms with Crippen molar-refractivity contribution >= 4 is 29.2 Å². The molecule has 0 aromatic heterocycles. The molecule has 1 saturated heterocycles. The second kappa shape index (κ2) is 8.55. The van der Waals surface area contributed by atoms with Crippen molar-refractivity contribution in [3.8, 4) is 0 Å². The fourth-order valence-corrected chi connectivity index (χ4v) is 5.38. The SMILES string of the molecule is C[C@@H](C1CC1)C(C(=O)NCc1ccc(F)cc1)N1C(=O)NC2(CCN(C)c3cc(N)ccc32)C1=O. The van der Waals surface area contributed by atoms with Gasteiger partial charge in [-0.1, -0.05) is 25.1 Å². The van der Waals surface area contributed by atoms with E-state index in [-0.39, 0.29) is 30.1 Å². The molecule has 4 N–H and O–H groups in total. The number of amides is 4. The number of nitrogens with zero attached hydrogens (tertiary/aromatic N) is 2. The highest BCUT2D eigenvalue weighted by atomic mass is 19.1. The molecule has 8 nitrogen and oxygen atoms in total. The Balaban J connectivity index is 1.45. The van der Waals surface area contributed by atoms with Crippen LogP contribution >= 0.6 is 0 Å². The summed E-state index contributed by atoms with van der Waals surface area (Å²) in [5, 5.41) is 5.81. The first-order valence-electron chi connectivity index (χ1n) is 12.0. The predicted octanol–water partition coefficient (Wildman–Crippen LogP) is 2.73. The minimum Gasteiger partial charge on any atom is -0.399 e. The molecule has 2 heterocycles. The first-order valence-corrected chi connectivity index (χ1v) is 12.0. The predicted molar refractivity (Wildman–Crippen MR) is 130 cm³/mol. The number of benzene rings is 2. The normalized spacial score (nSPS) is 23.2. The number of halogens is 1. The number of nitrogens with one attached hydrogen (secondary N) is 2. The molecule has 3 aliphatic rings. The molecule has 2 aromatic carbocycles. The van der Waals surface area contributed by atoms with Crippen molar-refractivity contribution in [1.29, 1.82) is 0 Å². The zero-order valence-electron chi connectivity index (χ0n) is 19.9. The van der Waals surface area contributed by atoms with E-state index in [9.17, 15) is 18.8 Å². The second-order valence-corrected chi connectivity index (χ2v) is 9.94. The van der Waals surface area contributed by atoms with E-state index in [4.69, 9.17) is 5.73 Å². The third-order valence-corrected chi connectivity index (χ3v) is 7.63. The molecule has 2 fully saturated rings. The molecule has 184 valence electrons. The Hall–Kier alpha value is -3.62. The van der Waals surface area contributed by atoms with Crippen molar-refractivity contribution in [3.63, 3.8) is 0 Å². The molecule has 1 saturated carbocycles. The van der Waals surface area contributed by atoms with E-state index in [1.807, 2.05) is 18.9 Å². The van der Waals surface area contributed by atoms with Gasteiger partial charge >= 0.3 is 6.03 Å². The van der Waals surface area contributed by atoms with Crippen LogP contribution in [0.4, 0.5) is 20.6 Å². The van der Waals surface area contributed by atoms with Crippen LogP contribution in [0.2, 0.25) is 0 Å². The molecular weight excluding hydrogens is 449 g/mol. The molecule has 4 amide bonds. The first-order chi connectivity index (χ1) is 16.7. The van der Waals surface area contributed by atoms with Crippen molar-refractivity contribution in [2.45, 2.75) is 44.3 Å². The van der Waals surface area contributed by atoms with Gasteiger partial charge in [0.05, 0.1) is 0 Å². The molecule has 2 unspecified atom stereocenters. The fraction of sp³-hybridized carbons (Fsp3) is 0.423. The van der Waals surface area contributed by atoms with Crippen LogP contribution in [-0.4, -0.2) is 42.4 Å². The Kier molecular flexibility index (Phi) is 5.65. The van der Waals surface area contributed by atoms with Crippen LogP contribution in [0.15, 0.2) is 42.5 Å². The van der Waals surface area contributed by atoms with Gasteiger partial charge in [0.15, 0.2) is 5.54 Å². The molecule has 0 radical (unpaired) electrons. The van der Waals surface area contributed by atoms with Crippen LogP contribution in [0.25, 0.3) is 0 Å². The summed E-state index contributed by atoms with van der Waals surface area (Å²) in [6.45, 7) is 2.65. The van der Waals surface area contributed by atoms with Gasteiger partial charge in [0, 0.05) is 43.5 Å². The van der Waals surface area contributed by atoms with E-state index in [2.05, 4.69) is 10.6 Å². The van der Waals surface area contributed by atoms with Crippen LogP contribution in [-0.2, 0) is 21.7 Å². The fourth-order valence-electron chi connectivity index (χ4n) is 5.38. The summed E-state index contributed by atoms with van der Waals surface area (Å²) < 4.78 is 13.2. The lowest BCUT2D eigenvalue weighted by molar-refractivity contribution is -0.140. The van der Waals surface area contributed by atoms with Gasteiger partial charge in [0.1, 0.15) is 11.9 Å². The summed E-state index contributed by atoms with van der Waals surface area (Å²) >= 11 is 0. The van der Waals surface area contributed by atoms with Crippen molar-refractivity contribution in [2.75, 3.05) is 24.2 Å². The highest BCUT2D eigenvalue weighted by Gasteiger charge is 2.59. The maximum atomic E-state index is 14.0. The number of carbonyl (C=O) groups excluding carboxylic acids is 3. The van der Waals surface area contributed by atoms with Gasteiger partial charge in [0.25, 0.3) is 5.91 Å². The number of hydrogen-bond acceptors (Lipinski definition) is 5. The minimum atomic E-state index is -1.23. The Morgan fingerprint density at radius 2 is 1.94 bits per heavy atom. The molecule has 1 aliphatic carbocycles. The Bertz CT molecular complexity index is 1180. The average molecular weight is 480 g/mol. The molecule has 2 aliphatic heterocycles. The third-order valence-electron chi connectivity index (χ3n) is 7.63. The van der Waals surface area contributed by atoms with Crippen LogP contribution in [0.1, 0.15) is 37.3 Å². The Morgan fingerprint density at radius 3 is 2.63 bits per heavy atom. The number of rotatable bonds is 6. The monoisotopic (exact) mass is 479 g/mol. The van der Waals surface area contributed by atoms with E-state index in [0.29, 0.717) is 24.2 Å². The second-order valence-electron chi connectivity index (χ2n) is 9.94. The van der Waals surface area contributed by atoms with Crippen molar-refractivity contribution in [2.24, 2.45) is 11.8 Å². The number of imide groups is 1. The standard InChI is InChI=1S/C26H30FN5O3/c1-15(17-5-6-17)22(23(33)29-14-16-3-7-18(27)8-4-16)32-24(34)26(30-25(32)35)11-12-31(2)21-13-19(28)9-10-20(21)26/h3-4,7-10,13,15,17,22H,5-6,11-12,14,28H2,1-2H3,(H,29,33)(H,30,35)/t15-,22?,26?/m0/s1. The molecule has 9 heteroatoms. The number of hydrogen-bond donors (Lipinski definition) is 3. The zero-order chi connectivity index (χ0) is 24.9. The number of nitrogen functional groups attached to an aromatic ring is 1. The first kappa shape index (κ1) is 23.1. The van der Waals surface area contributed by atoms with E-state index < -0.39 is 23.5 Å². The number of nitrogens with two attached hydrogens (primary N) is 1. The van der Waals surface area contributed by atoms with Gasteiger partial charge in [-0.05, 0) is 54.5 Å². The topological polar surface area (TPSA) is 108 Å². The van der Waals surface area contributed by atoms with E-state index in [0.717, 1.165) is 29.0 Å². The molecule has 5 rings (SSSR count). The summed E-state index contributed by atoms with van der Waals surface area (Å²) in [6.07, 6.45) is 2.32. The van der Waals surface area contributed by atoms with Crippen LogP contribution < -0.4 is 21.3 Å². The summed E-state index contributed by atoms with van der Waals surface area (Å²) in [4.78, 5) is 44.0. The van der Waals surface area contributed by atoms with Gasteiger partial charge in [0.2, 0.25) is 5.91 Å². The lowest BCUT2D eigenvalue weighted by Gasteiger charge is -2.39. The lowest BCUT2D eigenvalue weighted by Crippen LogP contribution is -2.55. The van der Waals surface area contributed by atoms with Crippen molar-refractivity contribution in [1.82, 2.24) is 15.5 Å². The molecule has 1 spiro atoms. The Morgan fingerprint density at radius 1 is 1.23 bits per heavy atom. The average Bonchev–Trinajstić information content (AvgIpc) is 3.65. The highest BCUT2D eigenvalue weighted by molar-refractivity contribution is 6.11. The van der Waals surface area contributed by atoms with E-state index >= 15 is 0 Å². The number of fused-ring (bicyclic) bond motifs is 2. The van der Waals surface area contributed by atoms with Crippen molar-refractivity contribution in [3.05, 3.63) is 59.4 Å². The minimum absolute atomic E-state index is 0.175. The number of urea groups is 1. The maximum absolute atomic E-state index is 14.0. The van der Waals surface area contributed by atoms with Gasteiger partial charge < -0.3 is 21.3 Å². The van der Waals surface area contributed by atoms with Crippen molar-refractivity contribution < 1.29 is 18.8 Å². The smallest absolute Gasteiger partial charge is 0.326 e. The van der Waals surface area contributed by atoms with Gasteiger partial charge in [-0.25, -0.2) is 14.1 Å². The summed E-state index contributed by atoms with van der Waals surface area (Å²) in [5.41, 5.74) is 7.54. The molecule has 2 aromatic rings. The molecule has 35 heavy (non-hydrogen) atoms. The highest BCUT2D eigenvalue weighted by Crippen LogP contribution is 2.45. The van der Waals surface area contributed by atoms with Gasteiger partial charge in [-0.15, -0.1) is 0 Å². The summed E-state index contributed by atoms with van der Waals surface area (Å²) in [5.74, 6) is -1.07. The van der Waals surface area contributed by atoms with Crippen LogP contribution in [0.3, 0.4) is 0 Å². The number of carbonyl (C=O) groups is 3. The molecule has 0 bridgehead atoms. The van der Waals surface area contributed by atoms with Gasteiger partial charge in [-0.3, -0.25) is 9.59 Å². The number of anilines is 2. The Labute approximate surface area is 203 Å². The third kappa shape index (κ3) is 3.98. The summed E-state index contributed by atoms with van der Waals surface area (Å²) in [7, 11) is 1.92. The largest absolute Gasteiger partial charge is 0.399 e. The van der Waals surface area contributed by atoms with Crippen LogP contribution in [0, 0.1) is 17.7 Å². The van der Waals surface area contributed by atoms with E-state index in [1.165, 1.54) is 12.1 Å². The summed E-state index contributed by atoms with van der Waals surface area (Å²) in [6, 6.07) is 9.67. The zero-order valence-corrected chi connectivity index (χ0v) is 19.9. The van der Waals surface area contributed by atoms with Crippen LogP contribution in [0.5, 0.6) is 0 Å². The maximum Gasteiger partial charge on any atom is 0.326 e. The van der Waals surface area contributed by atoms with Gasteiger partial charge in [-0.2, -0.15) is 0 Å². The van der Waals surface area contributed by atoms with E-state index in [1.54, 1.807) is 30.3 Å². The molecule has 3 atom stereocenters. The quantitative estimate of drug-likeness (QED) is 0.436. The molecular formula is C26H30FN5O3. The lowest BCUT2D eigenvalue weighted by atomic mass is 9.81.